The molecule has 3 heteroatoms. The first-order chi connectivity index (χ1) is 27.2. The average molecular weight is 703 g/mol. The van der Waals surface area contributed by atoms with Crippen molar-refractivity contribution in [2.24, 2.45) is 0 Å². The number of anilines is 3. The van der Waals surface area contributed by atoms with E-state index < -0.39 is 0 Å². The van der Waals surface area contributed by atoms with Crippen molar-refractivity contribution >= 4 is 71.6 Å². The molecule has 9 aromatic carbocycles. The van der Waals surface area contributed by atoms with Gasteiger partial charge in [0.1, 0.15) is 11.2 Å². The van der Waals surface area contributed by atoms with Crippen LogP contribution in [0.2, 0.25) is 0 Å². The van der Waals surface area contributed by atoms with Gasteiger partial charge < -0.3 is 13.9 Å². The second-order valence-corrected chi connectivity index (χ2v) is 14.2. The largest absolute Gasteiger partial charge is 0.456 e. The number of hydrogen-bond donors (Lipinski definition) is 0. The van der Waals surface area contributed by atoms with Gasteiger partial charge in [-0.2, -0.15) is 0 Å². The van der Waals surface area contributed by atoms with Crippen molar-refractivity contribution in [1.29, 1.82) is 0 Å². The van der Waals surface area contributed by atoms with Crippen molar-refractivity contribution in [1.82, 2.24) is 4.57 Å². The molecule has 0 N–H and O–H groups in total. The highest BCUT2D eigenvalue weighted by molar-refractivity contribution is 6.09. The molecule has 0 radical (unpaired) electrons. The molecule has 0 aliphatic heterocycles. The number of para-hydroxylation sites is 3. The summed E-state index contributed by atoms with van der Waals surface area (Å²) in [5.74, 6) is 0. The first kappa shape index (κ1) is 31.2. The SMILES string of the molecule is c1cc(-c2ccc(N(c3cccc(-n4c5ccccc5c5ccccc54)c3)c3ccc4ccccc4c3)cc2)cc(-c2ccc3c(c2)oc2ccccc23)c1. The molecule has 0 fully saturated rings. The summed E-state index contributed by atoms with van der Waals surface area (Å²) in [5.41, 5.74) is 13.2. The molecule has 0 atom stereocenters. The normalized spacial score (nSPS) is 11.6. The van der Waals surface area contributed by atoms with E-state index in [9.17, 15) is 0 Å². The summed E-state index contributed by atoms with van der Waals surface area (Å²) >= 11 is 0. The number of aromatic nitrogens is 1. The lowest BCUT2D eigenvalue weighted by molar-refractivity contribution is 0.669. The van der Waals surface area contributed by atoms with Crippen LogP contribution >= 0.6 is 0 Å². The zero-order chi connectivity index (χ0) is 36.3. The molecule has 11 aromatic rings. The summed E-state index contributed by atoms with van der Waals surface area (Å²) in [7, 11) is 0. The molecular formula is C52H34N2O. The van der Waals surface area contributed by atoms with Crippen LogP contribution in [0.1, 0.15) is 0 Å². The number of rotatable bonds is 6. The molecule has 0 bridgehead atoms. The van der Waals surface area contributed by atoms with Gasteiger partial charge in [0, 0.05) is 44.3 Å². The summed E-state index contributed by atoms with van der Waals surface area (Å²) in [6, 6.07) is 74.1. The standard InChI is InChI=1S/C52H34N2O/c1-2-12-39-32-44(29-25-35(39)11-1)53(42-15-10-16-43(34-42)54-49-20-6-3-17-45(49)46-18-4-7-21-50(46)54)41-27-23-36(24-28-41)37-13-9-14-38(31-37)40-26-30-48-47-19-5-8-22-51(47)55-52(48)33-40/h1-34H. The summed E-state index contributed by atoms with van der Waals surface area (Å²) in [6.07, 6.45) is 0. The smallest absolute Gasteiger partial charge is 0.136 e. The highest BCUT2D eigenvalue weighted by Crippen LogP contribution is 2.40. The minimum absolute atomic E-state index is 0.907. The van der Waals surface area contributed by atoms with E-state index >= 15 is 0 Å². The van der Waals surface area contributed by atoms with E-state index in [-0.39, 0.29) is 0 Å². The molecular weight excluding hydrogens is 669 g/mol. The molecule has 0 aliphatic carbocycles. The van der Waals surface area contributed by atoms with Crippen molar-refractivity contribution in [3.63, 3.8) is 0 Å². The molecule has 2 heterocycles. The van der Waals surface area contributed by atoms with E-state index in [0.717, 1.165) is 61.4 Å². The number of fused-ring (bicyclic) bond motifs is 7. The van der Waals surface area contributed by atoms with Crippen molar-refractivity contribution in [2.45, 2.75) is 0 Å². The van der Waals surface area contributed by atoms with Gasteiger partial charge in [-0.25, -0.2) is 0 Å². The molecule has 3 nitrogen and oxygen atoms in total. The minimum atomic E-state index is 0.907. The van der Waals surface area contributed by atoms with Gasteiger partial charge in [-0.15, -0.1) is 0 Å². The maximum absolute atomic E-state index is 6.22. The fourth-order valence-corrected chi connectivity index (χ4v) is 8.32. The minimum Gasteiger partial charge on any atom is -0.456 e. The maximum atomic E-state index is 6.22. The monoisotopic (exact) mass is 702 g/mol. The van der Waals surface area contributed by atoms with Crippen LogP contribution in [0.25, 0.3) is 82.5 Å². The van der Waals surface area contributed by atoms with Crippen LogP contribution in [0.4, 0.5) is 17.1 Å². The van der Waals surface area contributed by atoms with Crippen LogP contribution in [-0.2, 0) is 0 Å². The lowest BCUT2D eigenvalue weighted by Gasteiger charge is -2.27. The Bertz CT molecular complexity index is 3170. The van der Waals surface area contributed by atoms with Gasteiger partial charge in [-0.3, -0.25) is 0 Å². The topological polar surface area (TPSA) is 21.3 Å². The molecule has 0 saturated carbocycles. The van der Waals surface area contributed by atoms with Crippen LogP contribution in [-0.4, -0.2) is 4.57 Å². The Morgan fingerprint density at radius 3 is 1.71 bits per heavy atom. The third-order valence-corrected chi connectivity index (χ3v) is 11.0. The van der Waals surface area contributed by atoms with Crippen LogP contribution in [0.15, 0.2) is 211 Å². The molecule has 0 spiro atoms. The van der Waals surface area contributed by atoms with Crippen molar-refractivity contribution in [2.75, 3.05) is 4.90 Å². The van der Waals surface area contributed by atoms with Crippen molar-refractivity contribution in [3.05, 3.63) is 206 Å². The molecule has 2 aromatic heterocycles. The molecule has 0 saturated heterocycles. The Morgan fingerprint density at radius 2 is 0.909 bits per heavy atom. The predicted octanol–water partition coefficient (Wildman–Crippen LogP) is 14.6. The van der Waals surface area contributed by atoms with E-state index in [2.05, 4.69) is 204 Å². The van der Waals surface area contributed by atoms with E-state index in [1.165, 1.54) is 38.1 Å². The highest BCUT2D eigenvalue weighted by atomic mass is 16.3. The molecule has 11 rings (SSSR count). The van der Waals surface area contributed by atoms with Gasteiger partial charge in [0.25, 0.3) is 0 Å². The third kappa shape index (κ3) is 5.28. The zero-order valence-electron chi connectivity index (χ0n) is 29.9. The Kier molecular flexibility index (Phi) is 7.17. The Balaban J connectivity index is 1.00. The van der Waals surface area contributed by atoms with Crippen molar-refractivity contribution < 1.29 is 4.42 Å². The van der Waals surface area contributed by atoms with E-state index in [1.54, 1.807) is 0 Å². The van der Waals surface area contributed by atoms with Crippen molar-refractivity contribution in [3.8, 4) is 27.9 Å². The Labute approximate surface area is 318 Å². The van der Waals surface area contributed by atoms with Gasteiger partial charge in [0.05, 0.1) is 11.0 Å². The summed E-state index contributed by atoms with van der Waals surface area (Å²) < 4.78 is 8.61. The van der Waals surface area contributed by atoms with Gasteiger partial charge in [0.15, 0.2) is 0 Å². The number of furan rings is 1. The van der Waals surface area contributed by atoms with Crippen LogP contribution < -0.4 is 4.90 Å². The summed E-state index contributed by atoms with van der Waals surface area (Å²) in [4.78, 5) is 2.37. The fourth-order valence-electron chi connectivity index (χ4n) is 8.32. The summed E-state index contributed by atoms with van der Waals surface area (Å²) in [6.45, 7) is 0. The molecule has 55 heavy (non-hydrogen) atoms. The lowest BCUT2D eigenvalue weighted by Crippen LogP contribution is -2.10. The molecule has 0 aliphatic rings. The first-order valence-corrected chi connectivity index (χ1v) is 18.7. The number of benzene rings is 9. The van der Waals surface area contributed by atoms with Crippen LogP contribution in [0.5, 0.6) is 0 Å². The van der Waals surface area contributed by atoms with E-state index in [0.29, 0.717) is 0 Å². The number of hydrogen-bond acceptors (Lipinski definition) is 2. The van der Waals surface area contributed by atoms with Crippen LogP contribution in [0, 0.1) is 0 Å². The first-order valence-electron chi connectivity index (χ1n) is 18.7. The molecule has 0 amide bonds. The lowest BCUT2D eigenvalue weighted by atomic mass is 9.98. The fraction of sp³-hybridized carbons (Fsp3) is 0. The van der Waals surface area contributed by atoms with Crippen LogP contribution in [0.3, 0.4) is 0 Å². The van der Waals surface area contributed by atoms with Gasteiger partial charge >= 0.3 is 0 Å². The predicted molar refractivity (Wildman–Crippen MR) is 231 cm³/mol. The van der Waals surface area contributed by atoms with Gasteiger partial charge in [-0.1, -0.05) is 127 Å². The maximum Gasteiger partial charge on any atom is 0.136 e. The second-order valence-electron chi connectivity index (χ2n) is 14.2. The Hall–Kier alpha value is -7.36. The average Bonchev–Trinajstić information content (AvgIpc) is 3.80. The van der Waals surface area contributed by atoms with Gasteiger partial charge in [0.2, 0.25) is 0 Å². The van der Waals surface area contributed by atoms with Gasteiger partial charge in [-0.05, 0) is 112 Å². The van der Waals surface area contributed by atoms with E-state index in [1.807, 2.05) is 12.1 Å². The zero-order valence-corrected chi connectivity index (χ0v) is 29.9. The highest BCUT2D eigenvalue weighted by Gasteiger charge is 2.17. The van der Waals surface area contributed by atoms with E-state index in [4.69, 9.17) is 4.42 Å². The molecule has 0 unspecified atom stereocenters. The molecule has 258 valence electrons. The quantitative estimate of drug-likeness (QED) is 0.172. The number of nitrogens with zero attached hydrogens (tertiary/aromatic N) is 2. The summed E-state index contributed by atoms with van der Waals surface area (Å²) in [5, 5.41) is 7.23. The second kappa shape index (κ2) is 12.6. The Morgan fingerprint density at radius 1 is 0.327 bits per heavy atom. The third-order valence-electron chi connectivity index (χ3n) is 11.0.